The number of aromatic amines is 1. The second-order valence-electron chi connectivity index (χ2n) is 4.66. The molecule has 0 atom stereocenters. The van der Waals surface area contributed by atoms with Crippen LogP contribution in [0.2, 0.25) is 0 Å². The van der Waals surface area contributed by atoms with E-state index in [0.29, 0.717) is 22.8 Å². The van der Waals surface area contributed by atoms with Gasteiger partial charge in [-0.15, -0.1) is 0 Å². The number of primary amides is 1. The minimum absolute atomic E-state index is 0.0884. The van der Waals surface area contributed by atoms with Crippen LogP contribution in [0.15, 0.2) is 24.5 Å². The highest BCUT2D eigenvalue weighted by atomic mass is 16.5. The van der Waals surface area contributed by atoms with Gasteiger partial charge in [0.15, 0.2) is 17.2 Å². The second kappa shape index (κ2) is 7.86. The molecular formula is C16H17N3O6. The van der Waals surface area contributed by atoms with Gasteiger partial charge in [-0.3, -0.25) is 4.79 Å². The lowest BCUT2D eigenvalue weighted by Gasteiger charge is -2.12. The third-order valence-electron chi connectivity index (χ3n) is 3.15. The first kappa shape index (κ1) is 17.9. The van der Waals surface area contributed by atoms with E-state index in [1.807, 2.05) is 0 Å². The van der Waals surface area contributed by atoms with E-state index in [-0.39, 0.29) is 11.6 Å². The highest BCUT2D eigenvalue weighted by Crippen LogP contribution is 2.38. The molecule has 0 aliphatic heterocycles. The first-order valence-electron chi connectivity index (χ1n) is 7.03. The topological polar surface area (TPSA) is 126 Å². The van der Waals surface area contributed by atoms with E-state index < -0.39 is 11.9 Å². The van der Waals surface area contributed by atoms with Crippen LogP contribution >= 0.6 is 0 Å². The van der Waals surface area contributed by atoms with E-state index in [4.69, 9.17) is 24.7 Å². The Kier molecular flexibility index (Phi) is 5.62. The fourth-order valence-electron chi connectivity index (χ4n) is 2.03. The fourth-order valence-corrected chi connectivity index (χ4v) is 2.03. The first-order valence-corrected chi connectivity index (χ1v) is 7.03. The molecule has 1 aromatic heterocycles. The minimum Gasteiger partial charge on any atom is -0.493 e. The maximum atomic E-state index is 11.9. The van der Waals surface area contributed by atoms with Gasteiger partial charge in [0.1, 0.15) is 0 Å². The molecule has 2 aromatic rings. The molecule has 0 aliphatic carbocycles. The van der Waals surface area contributed by atoms with Crippen LogP contribution in [0.3, 0.4) is 0 Å². The maximum absolute atomic E-state index is 11.9. The molecule has 0 radical (unpaired) electrons. The van der Waals surface area contributed by atoms with Crippen molar-refractivity contribution in [3.63, 3.8) is 0 Å². The molecule has 0 unspecified atom stereocenters. The molecule has 0 saturated heterocycles. The lowest BCUT2D eigenvalue weighted by molar-refractivity contribution is -0.129. The zero-order valence-corrected chi connectivity index (χ0v) is 13.9. The molecule has 25 heavy (non-hydrogen) atoms. The van der Waals surface area contributed by atoms with Crippen LogP contribution in [-0.2, 0) is 4.79 Å². The highest BCUT2D eigenvalue weighted by molar-refractivity contribution is 5.95. The molecule has 1 heterocycles. The Labute approximate surface area is 143 Å². The van der Waals surface area contributed by atoms with Crippen LogP contribution < -0.4 is 24.7 Å². The smallest absolute Gasteiger partial charge is 0.337 e. The number of aromatic nitrogens is 2. The molecule has 3 N–H and O–H groups in total. The van der Waals surface area contributed by atoms with E-state index in [2.05, 4.69) is 9.97 Å². The third kappa shape index (κ3) is 4.08. The zero-order valence-electron chi connectivity index (χ0n) is 13.9. The normalized spacial score (nSPS) is 10.5. The largest absolute Gasteiger partial charge is 0.493 e. The summed E-state index contributed by atoms with van der Waals surface area (Å²) in [5.74, 6) is -0.381. The molecule has 0 aliphatic rings. The SMILES string of the molecule is COc1cc(C=CC(=O)Oc2nc[nH]c2C(N)=O)cc(OC)c1OC. The van der Waals surface area contributed by atoms with E-state index in [1.54, 1.807) is 12.1 Å². The maximum Gasteiger partial charge on any atom is 0.337 e. The van der Waals surface area contributed by atoms with Gasteiger partial charge < -0.3 is 29.7 Å². The summed E-state index contributed by atoms with van der Waals surface area (Å²) in [6.07, 6.45) is 3.86. The number of ether oxygens (including phenoxy) is 4. The quantitative estimate of drug-likeness (QED) is 0.568. The summed E-state index contributed by atoms with van der Waals surface area (Å²) in [5, 5.41) is 0. The Morgan fingerprint density at radius 3 is 2.28 bits per heavy atom. The Hall–Kier alpha value is -3.49. The predicted octanol–water partition coefficient (Wildman–Crippen LogP) is 1.15. The van der Waals surface area contributed by atoms with E-state index in [9.17, 15) is 9.59 Å². The summed E-state index contributed by atoms with van der Waals surface area (Å²) in [7, 11) is 4.47. The van der Waals surface area contributed by atoms with Crippen LogP contribution in [0.25, 0.3) is 6.08 Å². The number of amides is 1. The first-order chi connectivity index (χ1) is 12.0. The number of nitrogens with one attached hydrogen (secondary N) is 1. The third-order valence-corrected chi connectivity index (χ3v) is 3.15. The van der Waals surface area contributed by atoms with Crippen LogP contribution in [0, 0.1) is 0 Å². The van der Waals surface area contributed by atoms with Crippen LogP contribution in [0.1, 0.15) is 16.1 Å². The van der Waals surface area contributed by atoms with Gasteiger partial charge in [-0.2, -0.15) is 0 Å². The van der Waals surface area contributed by atoms with E-state index in [1.165, 1.54) is 39.8 Å². The Morgan fingerprint density at radius 1 is 1.12 bits per heavy atom. The van der Waals surface area contributed by atoms with E-state index in [0.717, 1.165) is 0 Å². The average Bonchev–Trinajstić information content (AvgIpc) is 3.07. The number of esters is 1. The number of benzene rings is 1. The molecular weight excluding hydrogens is 330 g/mol. The molecule has 0 spiro atoms. The summed E-state index contributed by atoms with van der Waals surface area (Å²) in [6, 6.07) is 3.32. The fraction of sp³-hybridized carbons (Fsp3) is 0.188. The second-order valence-corrected chi connectivity index (χ2v) is 4.66. The van der Waals surface area contributed by atoms with Crippen molar-refractivity contribution in [2.45, 2.75) is 0 Å². The summed E-state index contributed by atoms with van der Waals surface area (Å²) in [5.41, 5.74) is 5.66. The summed E-state index contributed by atoms with van der Waals surface area (Å²) >= 11 is 0. The number of rotatable bonds is 7. The monoisotopic (exact) mass is 347 g/mol. The van der Waals surface area contributed by atoms with Crippen molar-refractivity contribution in [1.29, 1.82) is 0 Å². The van der Waals surface area contributed by atoms with Crippen LogP contribution in [0.5, 0.6) is 23.1 Å². The van der Waals surface area contributed by atoms with Gasteiger partial charge in [0, 0.05) is 6.08 Å². The Bertz CT molecular complexity index is 787. The van der Waals surface area contributed by atoms with Gasteiger partial charge in [0.05, 0.1) is 27.7 Å². The van der Waals surface area contributed by atoms with Gasteiger partial charge in [-0.25, -0.2) is 9.78 Å². The molecule has 1 amide bonds. The number of nitrogens with two attached hydrogens (primary N) is 1. The van der Waals surface area contributed by atoms with Crippen LogP contribution in [-0.4, -0.2) is 43.2 Å². The van der Waals surface area contributed by atoms with Gasteiger partial charge in [0.25, 0.3) is 11.8 Å². The van der Waals surface area contributed by atoms with Crippen molar-refractivity contribution in [2.75, 3.05) is 21.3 Å². The number of imidazole rings is 1. The number of hydrogen-bond acceptors (Lipinski definition) is 7. The summed E-state index contributed by atoms with van der Waals surface area (Å²) in [4.78, 5) is 29.2. The number of carbonyl (C=O) groups is 2. The Balaban J connectivity index is 2.19. The zero-order chi connectivity index (χ0) is 18.4. The van der Waals surface area contributed by atoms with Crippen molar-refractivity contribution in [1.82, 2.24) is 9.97 Å². The van der Waals surface area contributed by atoms with Crippen molar-refractivity contribution >= 4 is 18.0 Å². The molecule has 9 heteroatoms. The van der Waals surface area contributed by atoms with Gasteiger partial charge in [0.2, 0.25) is 5.75 Å². The Morgan fingerprint density at radius 2 is 1.76 bits per heavy atom. The molecule has 1 aromatic carbocycles. The summed E-state index contributed by atoms with van der Waals surface area (Å²) in [6.45, 7) is 0. The van der Waals surface area contributed by atoms with E-state index >= 15 is 0 Å². The number of hydrogen-bond donors (Lipinski definition) is 2. The number of nitrogens with zero attached hydrogens (tertiary/aromatic N) is 1. The lowest BCUT2D eigenvalue weighted by atomic mass is 10.1. The summed E-state index contributed by atoms with van der Waals surface area (Å²) < 4.78 is 20.7. The van der Waals surface area contributed by atoms with Crippen molar-refractivity contribution in [2.24, 2.45) is 5.73 Å². The van der Waals surface area contributed by atoms with Gasteiger partial charge in [-0.05, 0) is 23.8 Å². The molecule has 0 saturated carbocycles. The number of carbonyl (C=O) groups excluding carboxylic acids is 2. The van der Waals surface area contributed by atoms with Gasteiger partial charge in [-0.1, -0.05) is 0 Å². The van der Waals surface area contributed by atoms with Crippen molar-refractivity contribution < 1.29 is 28.5 Å². The standard InChI is InChI=1S/C16H17N3O6/c1-22-10-6-9(7-11(23-2)14(10)24-3)4-5-12(20)25-16-13(15(17)21)18-8-19-16/h4-8H,1-3H3,(H2,17,21)(H,18,19). The molecule has 132 valence electrons. The number of H-pyrrole nitrogens is 1. The average molecular weight is 347 g/mol. The number of methoxy groups -OCH3 is 3. The predicted molar refractivity (Wildman–Crippen MR) is 87.9 cm³/mol. The minimum atomic E-state index is -0.783. The molecule has 2 rings (SSSR count). The van der Waals surface area contributed by atoms with Crippen molar-refractivity contribution in [3.8, 4) is 23.1 Å². The van der Waals surface area contributed by atoms with Gasteiger partial charge >= 0.3 is 5.97 Å². The molecule has 0 fully saturated rings. The highest BCUT2D eigenvalue weighted by Gasteiger charge is 2.15. The molecule has 9 nitrogen and oxygen atoms in total. The lowest BCUT2D eigenvalue weighted by Crippen LogP contribution is -2.14. The van der Waals surface area contributed by atoms with Crippen LogP contribution in [0.4, 0.5) is 0 Å². The van der Waals surface area contributed by atoms with Crippen molar-refractivity contribution in [3.05, 3.63) is 35.8 Å². The molecule has 0 bridgehead atoms.